The number of hydrogen-bond donors (Lipinski definition) is 3. The van der Waals surface area contributed by atoms with Gasteiger partial charge in [0.05, 0.1) is 10.8 Å². The Bertz CT molecular complexity index is 218. The Morgan fingerprint density at radius 1 is 0.708 bits per heavy atom. The molecule has 3 N–H and O–H groups in total. The first kappa shape index (κ1) is 49.6. The van der Waals surface area contributed by atoms with Gasteiger partial charge < -0.3 is 15.3 Å². The first-order chi connectivity index (χ1) is 8.72. The van der Waals surface area contributed by atoms with Crippen molar-refractivity contribution in [1.82, 2.24) is 0 Å². The second-order valence-corrected chi connectivity index (χ2v) is 6.13. The van der Waals surface area contributed by atoms with Crippen LogP contribution < -0.4 is 0 Å². The molecule has 152 valence electrons. The van der Waals surface area contributed by atoms with Gasteiger partial charge in [-0.1, -0.05) is 35.1 Å². The number of carboxylic acids is 2. The molecule has 0 spiro atoms. The minimum atomic E-state index is -0.757. The summed E-state index contributed by atoms with van der Waals surface area (Å²) in [5.74, 6) is -1.51. The van der Waals surface area contributed by atoms with Crippen LogP contribution in [0.25, 0.3) is 0 Å². The van der Waals surface area contributed by atoms with Gasteiger partial charge in [0, 0.05) is 48.7 Å². The van der Waals surface area contributed by atoms with Gasteiger partial charge in [-0.3, -0.25) is 9.59 Å². The zero-order chi connectivity index (χ0) is 17.6. The Hall–Kier alpha value is 0.277. The summed E-state index contributed by atoms with van der Waals surface area (Å²) in [5, 5.41) is 24.1. The zero-order valence-electron chi connectivity index (χ0n) is 15.4. The summed E-state index contributed by atoms with van der Waals surface area (Å²) in [5.41, 5.74) is -1.17. The number of rotatable bonds is 0. The Morgan fingerprint density at radius 2 is 0.750 bits per heavy atom. The van der Waals surface area contributed by atoms with Crippen molar-refractivity contribution in [3.63, 3.8) is 0 Å². The molecule has 0 saturated carbocycles. The third kappa shape index (κ3) is 66.9. The fraction of sp³-hybridized carbons (Fsp3) is 0.882. The first-order valence-corrected chi connectivity index (χ1v) is 6.79. The normalized spacial score (nSPS) is 8.08. The van der Waals surface area contributed by atoms with Crippen LogP contribution in [0, 0.1) is 10.8 Å². The Labute approximate surface area is 179 Å². The van der Waals surface area contributed by atoms with Gasteiger partial charge in [-0.2, -0.15) is 0 Å². The average Bonchev–Trinajstić information content (AvgIpc) is 2.17. The first-order valence-electron chi connectivity index (χ1n) is 6.79. The Morgan fingerprint density at radius 3 is 0.750 bits per heavy atom. The summed E-state index contributed by atoms with van der Waals surface area (Å²) in [4.78, 5) is 20.0. The molecule has 0 aliphatic heterocycles. The van der Waals surface area contributed by atoms with Crippen LogP contribution in [0.4, 0.5) is 0 Å². The second kappa shape index (κ2) is 28.1. The Kier molecular flexibility index (Phi) is 58.1. The SMILES string of the molecule is C.C.CC(C)(C)C(=O)O.CC(C)(C)C(=O)O.CCC.CCO.[W].[W]. The second-order valence-electron chi connectivity index (χ2n) is 6.13. The largest absolute Gasteiger partial charge is 0.481 e. The van der Waals surface area contributed by atoms with Crippen molar-refractivity contribution in [2.75, 3.05) is 6.61 Å². The molecule has 0 bridgehead atoms. The zero-order valence-corrected chi connectivity index (χ0v) is 21.3. The summed E-state index contributed by atoms with van der Waals surface area (Å²) in [7, 11) is 0. The maximum atomic E-state index is 10.0. The molecular weight excluding hydrogens is 652 g/mol. The topological polar surface area (TPSA) is 94.8 Å². The van der Waals surface area contributed by atoms with E-state index in [0.717, 1.165) is 0 Å². The summed E-state index contributed by atoms with van der Waals surface area (Å²) in [6.07, 6.45) is 1.25. The van der Waals surface area contributed by atoms with E-state index < -0.39 is 22.8 Å². The van der Waals surface area contributed by atoms with Gasteiger partial charge in [0.1, 0.15) is 0 Å². The minimum Gasteiger partial charge on any atom is -0.481 e. The van der Waals surface area contributed by atoms with E-state index in [2.05, 4.69) is 13.8 Å². The molecule has 0 aromatic rings. The predicted octanol–water partition coefficient (Wildman–Crippen LogP) is 4.92. The van der Waals surface area contributed by atoms with Gasteiger partial charge in [-0.15, -0.1) is 0 Å². The smallest absolute Gasteiger partial charge is 0.308 e. The Balaban J connectivity index is -0.0000000239. The minimum absolute atomic E-state index is 0. The van der Waals surface area contributed by atoms with Crippen LogP contribution in [0.3, 0.4) is 0 Å². The molecule has 5 nitrogen and oxygen atoms in total. The molecule has 0 aliphatic carbocycles. The van der Waals surface area contributed by atoms with E-state index in [-0.39, 0.29) is 63.6 Å². The van der Waals surface area contributed by atoms with Crippen molar-refractivity contribution in [1.29, 1.82) is 0 Å². The van der Waals surface area contributed by atoms with Crippen LogP contribution >= 0.6 is 0 Å². The van der Waals surface area contributed by atoms with E-state index >= 15 is 0 Å². The molecular formula is C17H42O5W2. The molecule has 0 aromatic heterocycles. The molecule has 24 heavy (non-hydrogen) atoms. The van der Waals surface area contributed by atoms with Gasteiger partial charge in [0.2, 0.25) is 0 Å². The molecule has 0 heterocycles. The number of hydrogen-bond acceptors (Lipinski definition) is 3. The maximum absolute atomic E-state index is 10.0. The molecule has 0 unspecified atom stereocenters. The van der Waals surface area contributed by atoms with E-state index in [4.69, 9.17) is 15.3 Å². The number of carbonyl (C=O) groups is 2. The maximum Gasteiger partial charge on any atom is 0.308 e. The van der Waals surface area contributed by atoms with Crippen molar-refractivity contribution >= 4 is 11.9 Å². The van der Waals surface area contributed by atoms with Crippen LogP contribution in [0.5, 0.6) is 0 Å². The van der Waals surface area contributed by atoms with Crippen LogP contribution in [0.1, 0.15) is 83.6 Å². The van der Waals surface area contributed by atoms with Crippen molar-refractivity contribution in [3.05, 3.63) is 0 Å². The summed E-state index contributed by atoms with van der Waals surface area (Å²) >= 11 is 0. The van der Waals surface area contributed by atoms with E-state index in [1.807, 2.05) is 0 Å². The average molecular weight is 694 g/mol. The molecule has 0 amide bonds. The van der Waals surface area contributed by atoms with Crippen LogP contribution in [0.2, 0.25) is 0 Å². The molecule has 0 saturated heterocycles. The number of aliphatic carboxylic acids is 2. The van der Waals surface area contributed by atoms with E-state index in [9.17, 15) is 9.59 Å². The fourth-order valence-corrected chi connectivity index (χ4v) is 0. The predicted molar refractivity (Wildman–Crippen MR) is 96.4 cm³/mol. The van der Waals surface area contributed by atoms with Gasteiger partial charge in [-0.05, 0) is 48.5 Å². The van der Waals surface area contributed by atoms with Crippen molar-refractivity contribution in [2.24, 2.45) is 10.8 Å². The molecule has 7 heteroatoms. The quantitative estimate of drug-likeness (QED) is 0.335. The van der Waals surface area contributed by atoms with Crippen LogP contribution in [-0.4, -0.2) is 33.9 Å². The molecule has 0 atom stereocenters. The van der Waals surface area contributed by atoms with Crippen molar-refractivity contribution < 1.29 is 67.0 Å². The van der Waals surface area contributed by atoms with Crippen LogP contribution in [0.15, 0.2) is 0 Å². The third-order valence-corrected chi connectivity index (χ3v) is 1.28. The molecule has 0 rings (SSSR count). The number of aliphatic hydroxyl groups excluding tert-OH is 1. The van der Waals surface area contributed by atoms with E-state index in [0.29, 0.717) is 0 Å². The van der Waals surface area contributed by atoms with E-state index in [1.54, 1.807) is 48.5 Å². The van der Waals surface area contributed by atoms with Crippen molar-refractivity contribution in [3.8, 4) is 0 Å². The molecule has 0 fully saturated rings. The fourth-order valence-electron chi connectivity index (χ4n) is 0. The summed E-state index contributed by atoms with van der Waals surface area (Å²) in [6.45, 7) is 16.2. The number of aliphatic hydroxyl groups is 1. The van der Waals surface area contributed by atoms with Gasteiger partial charge in [-0.25, -0.2) is 0 Å². The third-order valence-electron chi connectivity index (χ3n) is 1.28. The van der Waals surface area contributed by atoms with Gasteiger partial charge in [0.25, 0.3) is 0 Å². The standard InChI is InChI=1S/2C5H10O2.C3H8.C2H6O.2CH4.2W/c2*1-5(2,3)4(6)7;1-3-2;1-2-3;;;;/h2*1-3H3,(H,6,7);3H2,1-2H3;3H,2H2,1H3;2*1H4;;. The summed E-state index contributed by atoms with van der Waals surface area (Å²) < 4.78 is 0. The molecule has 0 aromatic carbocycles. The summed E-state index contributed by atoms with van der Waals surface area (Å²) in [6, 6.07) is 0. The van der Waals surface area contributed by atoms with Gasteiger partial charge >= 0.3 is 11.9 Å². The van der Waals surface area contributed by atoms with Crippen LogP contribution in [-0.2, 0) is 51.7 Å². The number of carboxylic acid groups (broad SMARTS) is 2. The van der Waals surface area contributed by atoms with Crippen molar-refractivity contribution in [2.45, 2.75) is 83.6 Å². The monoisotopic (exact) mass is 694 g/mol. The molecule has 0 aliphatic rings. The van der Waals surface area contributed by atoms with E-state index in [1.165, 1.54) is 6.42 Å². The van der Waals surface area contributed by atoms with Gasteiger partial charge in [0.15, 0.2) is 0 Å². The molecule has 0 radical (unpaired) electrons.